The van der Waals surface area contributed by atoms with Gasteiger partial charge in [-0.15, -0.1) is 0 Å². The first-order chi connectivity index (χ1) is 7.97. The Morgan fingerprint density at radius 3 is 2.41 bits per heavy atom. The third-order valence-electron chi connectivity index (χ3n) is 2.64. The molecule has 0 aliphatic heterocycles. The van der Waals surface area contributed by atoms with Crippen LogP contribution in [0.1, 0.15) is 18.4 Å². The van der Waals surface area contributed by atoms with E-state index in [0.717, 1.165) is 19.3 Å². The van der Waals surface area contributed by atoms with Crippen LogP contribution in [0.15, 0.2) is 42.1 Å². The van der Waals surface area contributed by atoms with Crippen molar-refractivity contribution < 1.29 is 5.11 Å². The largest absolute Gasteiger partial charge is 0.393 e. The number of benzene rings is 1. The van der Waals surface area contributed by atoms with Gasteiger partial charge in [-0.2, -0.15) is 0 Å². The monoisotopic (exact) mass is 248 g/mol. The minimum atomic E-state index is -1.10. The Morgan fingerprint density at radius 2 is 1.82 bits per heavy atom. The highest BCUT2D eigenvalue weighted by Gasteiger charge is 2.07. The fourth-order valence-electron chi connectivity index (χ4n) is 1.67. The number of aryl methyl sites for hydroxylation is 1. The van der Waals surface area contributed by atoms with Crippen LogP contribution in [-0.2, 0) is 6.42 Å². The number of rotatable bonds is 6. The lowest BCUT2D eigenvalue weighted by atomic mass is 10.1. The van der Waals surface area contributed by atoms with Crippen LogP contribution in [0.2, 0.25) is 19.6 Å². The molecule has 1 N–H and O–H groups in total. The number of aliphatic hydroxyl groups is 1. The minimum Gasteiger partial charge on any atom is -0.393 e. The van der Waals surface area contributed by atoms with Gasteiger partial charge in [-0.05, 0) is 24.8 Å². The topological polar surface area (TPSA) is 20.2 Å². The summed E-state index contributed by atoms with van der Waals surface area (Å²) >= 11 is 0. The van der Waals surface area contributed by atoms with Gasteiger partial charge in [-0.3, -0.25) is 0 Å². The predicted molar refractivity (Wildman–Crippen MR) is 77.9 cm³/mol. The van der Waals surface area contributed by atoms with Crippen molar-refractivity contribution >= 4 is 8.07 Å². The van der Waals surface area contributed by atoms with Gasteiger partial charge in [-0.25, -0.2) is 0 Å². The summed E-state index contributed by atoms with van der Waals surface area (Å²) in [6, 6.07) is 10.4. The molecule has 0 heterocycles. The molecule has 0 bridgehead atoms. The van der Waals surface area contributed by atoms with Crippen LogP contribution < -0.4 is 0 Å². The zero-order valence-electron chi connectivity index (χ0n) is 11.2. The van der Waals surface area contributed by atoms with Crippen molar-refractivity contribution in [2.75, 3.05) is 0 Å². The Bertz CT molecular complexity index is 338. The maximum atomic E-state index is 9.87. The molecular weight excluding hydrogens is 224 g/mol. The summed E-state index contributed by atoms with van der Waals surface area (Å²) in [6.07, 6.45) is 4.55. The Kier molecular flexibility index (Phi) is 5.66. The molecule has 0 radical (unpaired) electrons. The van der Waals surface area contributed by atoms with Crippen molar-refractivity contribution in [1.29, 1.82) is 0 Å². The maximum absolute atomic E-state index is 9.87. The molecule has 1 aromatic carbocycles. The van der Waals surface area contributed by atoms with Gasteiger partial charge in [0.15, 0.2) is 0 Å². The summed E-state index contributed by atoms with van der Waals surface area (Å²) in [6.45, 7) is 6.92. The molecule has 0 aliphatic rings. The first kappa shape index (κ1) is 14.2. The second-order valence-corrected chi connectivity index (χ2v) is 10.7. The zero-order chi connectivity index (χ0) is 12.7. The van der Waals surface area contributed by atoms with E-state index in [1.807, 2.05) is 18.2 Å². The number of aliphatic hydroxyl groups excluding tert-OH is 1. The molecule has 0 aliphatic carbocycles. The first-order valence-corrected chi connectivity index (χ1v) is 9.95. The molecule has 1 atom stereocenters. The highest BCUT2D eigenvalue weighted by molar-refractivity contribution is 6.80. The van der Waals surface area contributed by atoms with Crippen molar-refractivity contribution in [3.63, 3.8) is 0 Å². The molecule has 0 saturated carbocycles. The Balaban J connectivity index is 2.26. The van der Waals surface area contributed by atoms with Gasteiger partial charge in [0.2, 0.25) is 0 Å². The van der Waals surface area contributed by atoms with Crippen LogP contribution in [0.25, 0.3) is 0 Å². The predicted octanol–water partition coefficient (Wildman–Crippen LogP) is 3.80. The van der Waals surface area contributed by atoms with Crippen LogP contribution in [0.4, 0.5) is 0 Å². The molecule has 94 valence electrons. The summed E-state index contributed by atoms with van der Waals surface area (Å²) in [4.78, 5) is 0. The minimum absolute atomic E-state index is 0.206. The lowest BCUT2D eigenvalue weighted by molar-refractivity contribution is 0.168. The standard InChI is InChI=1S/C15H24OSi/c1-17(2,3)13-7-10-15(16)12-11-14-8-5-4-6-9-14/h4-9,13,15-16H,10-12H2,1-3H3/b13-7+/t15-/m1/s1. The van der Waals surface area contributed by atoms with E-state index in [0.29, 0.717) is 0 Å². The average Bonchev–Trinajstić information content (AvgIpc) is 2.26. The number of hydrogen-bond donors (Lipinski definition) is 1. The van der Waals surface area contributed by atoms with E-state index in [1.54, 1.807) is 0 Å². The van der Waals surface area contributed by atoms with Gasteiger partial charge in [0.05, 0.1) is 14.2 Å². The molecule has 1 rings (SSSR count). The molecule has 17 heavy (non-hydrogen) atoms. The van der Waals surface area contributed by atoms with Gasteiger partial charge in [0.1, 0.15) is 0 Å². The highest BCUT2D eigenvalue weighted by Crippen LogP contribution is 2.09. The summed E-state index contributed by atoms with van der Waals surface area (Å²) in [5.41, 5.74) is 3.61. The van der Waals surface area contributed by atoms with E-state index < -0.39 is 8.07 Å². The van der Waals surface area contributed by atoms with Crippen molar-refractivity contribution in [2.45, 2.75) is 45.0 Å². The molecule has 0 fully saturated rings. The van der Waals surface area contributed by atoms with E-state index in [9.17, 15) is 5.11 Å². The van der Waals surface area contributed by atoms with Gasteiger partial charge in [0, 0.05) is 0 Å². The van der Waals surface area contributed by atoms with E-state index >= 15 is 0 Å². The smallest absolute Gasteiger partial charge is 0.0682 e. The van der Waals surface area contributed by atoms with E-state index in [1.165, 1.54) is 5.56 Å². The molecular formula is C15H24OSi. The van der Waals surface area contributed by atoms with E-state index in [2.05, 4.69) is 43.5 Å². The summed E-state index contributed by atoms with van der Waals surface area (Å²) in [7, 11) is -1.10. The van der Waals surface area contributed by atoms with Crippen LogP contribution >= 0.6 is 0 Å². The normalized spacial score (nSPS) is 14.1. The molecule has 0 aromatic heterocycles. The molecule has 0 spiro atoms. The van der Waals surface area contributed by atoms with Gasteiger partial charge in [-0.1, -0.05) is 61.7 Å². The molecule has 1 aromatic rings. The maximum Gasteiger partial charge on any atom is 0.0682 e. The second kappa shape index (κ2) is 6.77. The molecule has 0 amide bonds. The van der Waals surface area contributed by atoms with Gasteiger partial charge in [0.25, 0.3) is 0 Å². The van der Waals surface area contributed by atoms with Gasteiger partial charge < -0.3 is 5.11 Å². The first-order valence-electron chi connectivity index (χ1n) is 6.37. The number of hydrogen-bond acceptors (Lipinski definition) is 1. The summed E-state index contributed by atoms with van der Waals surface area (Å²) in [5.74, 6) is 0. The van der Waals surface area contributed by atoms with Crippen LogP contribution in [-0.4, -0.2) is 19.3 Å². The van der Waals surface area contributed by atoms with Crippen LogP contribution in [0, 0.1) is 0 Å². The quantitative estimate of drug-likeness (QED) is 0.759. The lowest BCUT2D eigenvalue weighted by Crippen LogP contribution is -2.16. The van der Waals surface area contributed by atoms with E-state index in [-0.39, 0.29) is 6.10 Å². The zero-order valence-corrected chi connectivity index (χ0v) is 12.2. The van der Waals surface area contributed by atoms with Crippen molar-refractivity contribution in [1.82, 2.24) is 0 Å². The summed E-state index contributed by atoms with van der Waals surface area (Å²) < 4.78 is 0. The summed E-state index contributed by atoms with van der Waals surface area (Å²) in [5, 5.41) is 9.87. The molecule has 2 heteroatoms. The van der Waals surface area contributed by atoms with Crippen LogP contribution in [0.5, 0.6) is 0 Å². The van der Waals surface area contributed by atoms with Gasteiger partial charge >= 0.3 is 0 Å². The molecule has 0 unspecified atom stereocenters. The van der Waals surface area contributed by atoms with E-state index in [4.69, 9.17) is 0 Å². The lowest BCUT2D eigenvalue weighted by Gasteiger charge is -2.11. The van der Waals surface area contributed by atoms with Crippen molar-refractivity contribution in [2.24, 2.45) is 0 Å². The van der Waals surface area contributed by atoms with Crippen molar-refractivity contribution in [3.8, 4) is 0 Å². The third kappa shape index (κ3) is 7.13. The highest BCUT2D eigenvalue weighted by atomic mass is 28.3. The average molecular weight is 248 g/mol. The Hall–Kier alpha value is -0.863. The van der Waals surface area contributed by atoms with Crippen LogP contribution in [0.3, 0.4) is 0 Å². The second-order valence-electron chi connectivity index (χ2n) is 5.68. The fraction of sp³-hybridized carbons (Fsp3) is 0.467. The molecule has 0 saturated heterocycles. The van der Waals surface area contributed by atoms with Crippen molar-refractivity contribution in [3.05, 3.63) is 47.7 Å². The SMILES string of the molecule is C[Si](C)(C)/C=C/C[C@@H](O)CCc1ccccc1. The fourth-order valence-corrected chi connectivity index (χ4v) is 2.52. The third-order valence-corrected chi connectivity index (χ3v) is 3.87. The molecule has 1 nitrogen and oxygen atoms in total. The Labute approximate surface area is 106 Å². The Morgan fingerprint density at radius 1 is 1.18 bits per heavy atom.